The van der Waals surface area contributed by atoms with Crippen molar-refractivity contribution in [2.45, 2.75) is 26.7 Å². The summed E-state index contributed by atoms with van der Waals surface area (Å²) in [5, 5.41) is 3.12. The van der Waals surface area contributed by atoms with Crippen LogP contribution in [0.1, 0.15) is 30.9 Å². The van der Waals surface area contributed by atoms with Crippen LogP contribution in [-0.4, -0.2) is 26.7 Å². The van der Waals surface area contributed by atoms with Gasteiger partial charge < -0.3 is 19.5 Å². The molecule has 2 aromatic rings. The van der Waals surface area contributed by atoms with E-state index >= 15 is 0 Å². The smallest absolute Gasteiger partial charge is 0.262 e. The molecule has 0 heterocycles. The minimum atomic E-state index is -0.310. The van der Waals surface area contributed by atoms with Crippen LogP contribution in [0, 0.1) is 6.92 Å². The maximum atomic E-state index is 12.2. The van der Waals surface area contributed by atoms with Crippen molar-refractivity contribution in [1.29, 1.82) is 0 Å². The van der Waals surface area contributed by atoms with Gasteiger partial charge in [-0.2, -0.15) is 0 Å². The Hall–Kier alpha value is -2.40. The number of benzene rings is 2. The molecule has 0 radical (unpaired) electrons. The van der Waals surface area contributed by atoms with Crippen LogP contribution in [0.2, 0.25) is 5.02 Å². The van der Waals surface area contributed by atoms with E-state index in [2.05, 4.69) is 19.2 Å². The van der Waals surface area contributed by atoms with Crippen molar-refractivity contribution in [3.63, 3.8) is 0 Å². The zero-order valence-corrected chi connectivity index (χ0v) is 16.4. The number of rotatable bonds is 7. The van der Waals surface area contributed by atoms with Crippen molar-refractivity contribution < 1.29 is 19.0 Å². The van der Waals surface area contributed by atoms with Gasteiger partial charge in [-0.3, -0.25) is 4.79 Å². The summed E-state index contributed by atoms with van der Waals surface area (Å²) in [4.78, 5) is 12.2. The van der Waals surface area contributed by atoms with Gasteiger partial charge in [-0.25, -0.2) is 0 Å². The quantitative estimate of drug-likeness (QED) is 0.752. The minimum absolute atomic E-state index is 0.118. The van der Waals surface area contributed by atoms with Crippen LogP contribution >= 0.6 is 11.6 Å². The molecule has 0 atom stereocenters. The number of carbonyl (C=O) groups excluding carboxylic acids is 1. The number of ether oxygens (including phenoxy) is 3. The van der Waals surface area contributed by atoms with Crippen LogP contribution in [0.3, 0.4) is 0 Å². The summed E-state index contributed by atoms with van der Waals surface area (Å²) in [6.45, 7) is 6.20. The predicted octanol–water partition coefficient (Wildman–Crippen LogP) is 4.81. The molecule has 2 aromatic carbocycles. The molecule has 0 aromatic heterocycles. The fourth-order valence-electron chi connectivity index (χ4n) is 2.68. The summed E-state index contributed by atoms with van der Waals surface area (Å²) in [5.74, 6) is 1.71. The molecule has 1 N–H and O–H groups in total. The first-order valence-electron chi connectivity index (χ1n) is 8.30. The standard InChI is InChI=1S/C20H24ClNO4/c1-12(2)15-7-6-14(8-13(15)3)26-11-20(23)22-17-9-16(21)18(24-4)10-19(17)25-5/h6-10,12H,11H2,1-5H3,(H,22,23). The van der Waals surface area contributed by atoms with E-state index in [-0.39, 0.29) is 12.5 Å². The molecule has 2 rings (SSSR count). The highest BCUT2D eigenvalue weighted by atomic mass is 35.5. The number of anilines is 1. The molecule has 0 spiro atoms. The molecule has 5 nitrogen and oxygen atoms in total. The summed E-state index contributed by atoms with van der Waals surface area (Å²) in [5.41, 5.74) is 2.86. The fraction of sp³-hybridized carbons (Fsp3) is 0.350. The Morgan fingerprint density at radius 1 is 1.12 bits per heavy atom. The number of aryl methyl sites for hydroxylation is 1. The first kappa shape index (κ1) is 19.9. The average Bonchev–Trinajstić information content (AvgIpc) is 2.60. The molecular weight excluding hydrogens is 354 g/mol. The number of amides is 1. The van der Waals surface area contributed by atoms with E-state index in [1.165, 1.54) is 19.8 Å². The summed E-state index contributed by atoms with van der Waals surface area (Å²) < 4.78 is 16.0. The first-order valence-corrected chi connectivity index (χ1v) is 8.68. The lowest BCUT2D eigenvalue weighted by molar-refractivity contribution is -0.118. The Bertz CT molecular complexity index is 790. The Morgan fingerprint density at radius 3 is 2.38 bits per heavy atom. The van der Waals surface area contributed by atoms with Crippen LogP contribution in [0.4, 0.5) is 5.69 Å². The second-order valence-electron chi connectivity index (χ2n) is 6.20. The monoisotopic (exact) mass is 377 g/mol. The molecule has 26 heavy (non-hydrogen) atoms. The van der Waals surface area contributed by atoms with Gasteiger partial charge in [-0.05, 0) is 42.2 Å². The van der Waals surface area contributed by atoms with Crippen LogP contribution < -0.4 is 19.5 Å². The summed E-state index contributed by atoms with van der Waals surface area (Å²) in [6.07, 6.45) is 0. The van der Waals surface area contributed by atoms with Crippen molar-refractivity contribution in [2.24, 2.45) is 0 Å². The predicted molar refractivity (Wildman–Crippen MR) is 104 cm³/mol. The van der Waals surface area contributed by atoms with Crippen molar-refractivity contribution in [3.05, 3.63) is 46.5 Å². The lowest BCUT2D eigenvalue weighted by Crippen LogP contribution is -2.20. The maximum Gasteiger partial charge on any atom is 0.262 e. The summed E-state index contributed by atoms with van der Waals surface area (Å²) in [7, 11) is 3.02. The van der Waals surface area contributed by atoms with Crippen molar-refractivity contribution >= 4 is 23.2 Å². The topological polar surface area (TPSA) is 56.8 Å². The molecule has 0 unspecified atom stereocenters. The number of nitrogens with one attached hydrogen (secondary N) is 1. The molecular formula is C20H24ClNO4. The van der Waals surface area contributed by atoms with Gasteiger partial charge in [0.25, 0.3) is 5.91 Å². The van der Waals surface area contributed by atoms with E-state index < -0.39 is 0 Å². The number of carbonyl (C=O) groups is 1. The zero-order valence-electron chi connectivity index (χ0n) is 15.7. The van der Waals surface area contributed by atoms with Gasteiger partial charge in [0.05, 0.1) is 24.9 Å². The highest BCUT2D eigenvalue weighted by molar-refractivity contribution is 6.32. The van der Waals surface area contributed by atoms with Gasteiger partial charge >= 0.3 is 0 Å². The maximum absolute atomic E-state index is 12.2. The number of halogens is 1. The van der Waals surface area contributed by atoms with Gasteiger partial charge in [-0.1, -0.05) is 31.5 Å². The van der Waals surface area contributed by atoms with Crippen LogP contribution in [0.15, 0.2) is 30.3 Å². The second-order valence-corrected chi connectivity index (χ2v) is 6.60. The molecule has 0 aliphatic heterocycles. The van der Waals surface area contributed by atoms with Gasteiger partial charge in [-0.15, -0.1) is 0 Å². The van der Waals surface area contributed by atoms with Crippen molar-refractivity contribution in [3.8, 4) is 17.2 Å². The molecule has 0 aliphatic carbocycles. The normalized spacial score (nSPS) is 10.6. The Kier molecular flexibility index (Phi) is 6.75. The van der Waals surface area contributed by atoms with Crippen molar-refractivity contribution in [1.82, 2.24) is 0 Å². The lowest BCUT2D eigenvalue weighted by Gasteiger charge is -2.14. The van der Waals surface area contributed by atoms with Gasteiger partial charge in [0.15, 0.2) is 6.61 Å². The van der Waals surface area contributed by atoms with E-state index in [9.17, 15) is 4.79 Å². The first-order chi connectivity index (χ1) is 12.3. The molecule has 0 fully saturated rings. The molecule has 0 bridgehead atoms. The number of hydrogen-bond acceptors (Lipinski definition) is 4. The second kappa shape index (κ2) is 8.81. The highest BCUT2D eigenvalue weighted by Crippen LogP contribution is 2.35. The molecule has 1 amide bonds. The number of methoxy groups -OCH3 is 2. The highest BCUT2D eigenvalue weighted by Gasteiger charge is 2.13. The van der Waals surface area contributed by atoms with E-state index in [1.54, 1.807) is 12.1 Å². The molecule has 140 valence electrons. The average molecular weight is 378 g/mol. The van der Waals surface area contributed by atoms with Crippen molar-refractivity contribution in [2.75, 3.05) is 26.1 Å². The van der Waals surface area contributed by atoms with E-state index in [4.69, 9.17) is 25.8 Å². The Labute approximate surface area is 159 Å². The van der Waals surface area contributed by atoms with Crippen LogP contribution in [-0.2, 0) is 4.79 Å². The Morgan fingerprint density at radius 2 is 1.81 bits per heavy atom. The molecule has 0 saturated heterocycles. The zero-order chi connectivity index (χ0) is 19.3. The van der Waals surface area contributed by atoms with Gasteiger partial charge in [0.2, 0.25) is 0 Å². The summed E-state index contributed by atoms with van der Waals surface area (Å²) in [6, 6.07) is 9.04. The third kappa shape index (κ3) is 4.82. The third-order valence-electron chi connectivity index (χ3n) is 3.98. The molecule has 0 aliphatic rings. The van der Waals surface area contributed by atoms with E-state index in [0.29, 0.717) is 33.9 Å². The van der Waals surface area contributed by atoms with Crippen LogP contribution in [0.5, 0.6) is 17.2 Å². The minimum Gasteiger partial charge on any atom is -0.495 e. The van der Waals surface area contributed by atoms with Gasteiger partial charge in [0.1, 0.15) is 17.2 Å². The van der Waals surface area contributed by atoms with Gasteiger partial charge in [0, 0.05) is 6.07 Å². The van der Waals surface area contributed by atoms with Crippen LogP contribution in [0.25, 0.3) is 0 Å². The summed E-state index contributed by atoms with van der Waals surface area (Å²) >= 11 is 6.11. The SMILES string of the molecule is COc1cc(OC)c(NC(=O)COc2ccc(C(C)C)c(C)c2)cc1Cl. The fourth-order valence-corrected chi connectivity index (χ4v) is 2.92. The Balaban J connectivity index is 2.03. The number of hydrogen-bond donors (Lipinski definition) is 1. The largest absolute Gasteiger partial charge is 0.495 e. The third-order valence-corrected chi connectivity index (χ3v) is 4.28. The van der Waals surface area contributed by atoms with E-state index in [0.717, 1.165) is 5.56 Å². The molecule has 0 saturated carbocycles. The van der Waals surface area contributed by atoms with E-state index in [1.807, 2.05) is 25.1 Å². The molecule has 6 heteroatoms. The lowest BCUT2D eigenvalue weighted by atomic mass is 9.98.